The zero-order valence-corrected chi connectivity index (χ0v) is 13.1. The molecule has 20 heavy (non-hydrogen) atoms. The van der Waals surface area contributed by atoms with Gasteiger partial charge in [0.1, 0.15) is 11.3 Å². The Hall–Kier alpha value is -1.73. The fraction of sp³-hybridized carbons (Fsp3) is 0.167. The quantitative estimate of drug-likeness (QED) is 0.382. The van der Waals surface area contributed by atoms with Crippen LogP contribution < -0.4 is 10.5 Å². The Labute approximate surface area is 128 Å². The molecule has 0 spiro atoms. The molecular formula is C12H12BrClN4O2. The van der Waals surface area contributed by atoms with Crippen molar-refractivity contribution >= 4 is 33.4 Å². The molecule has 3 N–H and O–H groups in total. The second kappa shape index (κ2) is 5.72. The Balaban J connectivity index is 2.51. The molecule has 1 heterocycles. The first kappa shape index (κ1) is 14.7. The summed E-state index contributed by atoms with van der Waals surface area (Å²) in [5, 5.41) is 16.5. The monoisotopic (exact) mass is 358 g/mol. The zero-order chi connectivity index (χ0) is 14.9. The summed E-state index contributed by atoms with van der Waals surface area (Å²) in [5.74, 6) is 0.713. The standard InChI is InChI=1S/C12H12BrClN4O2/c1-6-10(11(15)17-19)12(18(2)16-6)20-9-5-7(13)3-4-8(9)14/h3-5,19H,1-2H3,(H2,15,17). The van der Waals surface area contributed by atoms with Crippen molar-refractivity contribution in [1.82, 2.24) is 9.78 Å². The molecule has 0 saturated carbocycles. The summed E-state index contributed by atoms with van der Waals surface area (Å²) in [6, 6.07) is 5.22. The molecule has 1 aromatic carbocycles. The molecular weight excluding hydrogens is 348 g/mol. The summed E-state index contributed by atoms with van der Waals surface area (Å²) in [7, 11) is 1.70. The molecule has 8 heteroatoms. The highest BCUT2D eigenvalue weighted by atomic mass is 79.9. The number of aromatic nitrogens is 2. The third-order valence-corrected chi connectivity index (χ3v) is 3.44. The Kier molecular flexibility index (Phi) is 4.20. The molecule has 2 rings (SSSR count). The predicted molar refractivity (Wildman–Crippen MR) is 79.7 cm³/mol. The van der Waals surface area contributed by atoms with Crippen molar-refractivity contribution < 1.29 is 9.94 Å². The van der Waals surface area contributed by atoms with Gasteiger partial charge in [0.15, 0.2) is 5.84 Å². The lowest BCUT2D eigenvalue weighted by Gasteiger charge is -2.10. The van der Waals surface area contributed by atoms with Gasteiger partial charge in [-0.05, 0) is 25.1 Å². The minimum Gasteiger partial charge on any atom is -0.437 e. The number of ether oxygens (including phenoxy) is 1. The summed E-state index contributed by atoms with van der Waals surface area (Å²) >= 11 is 9.43. The van der Waals surface area contributed by atoms with E-state index in [0.29, 0.717) is 27.9 Å². The van der Waals surface area contributed by atoms with Crippen LogP contribution in [0.25, 0.3) is 0 Å². The van der Waals surface area contributed by atoms with Crippen LogP contribution in [-0.2, 0) is 7.05 Å². The molecule has 6 nitrogen and oxygen atoms in total. The second-order valence-electron chi connectivity index (χ2n) is 4.05. The van der Waals surface area contributed by atoms with Crippen LogP contribution in [0.2, 0.25) is 5.02 Å². The number of nitrogens with two attached hydrogens (primary N) is 1. The van der Waals surface area contributed by atoms with Crippen molar-refractivity contribution in [2.45, 2.75) is 6.92 Å². The van der Waals surface area contributed by atoms with Gasteiger partial charge in [-0.1, -0.05) is 32.7 Å². The molecule has 106 valence electrons. The van der Waals surface area contributed by atoms with Gasteiger partial charge in [-0.25, -0.2) is 4.68 Å². The number of hydrogen-bond acceptors (Lipinski definition) is 4. The third kappa shape index (κ3) is 2.73. The Bertz CT molecular complexity index is 684. The van der Waals surface area contributed by atoms with E-state index in [1.165, 1.54) is 4.68 Å². The number of halogens is 2. The van der Waals surface area contributed by atoms with Crippen molar-refractivity contribution in [3.8, 4) is 11.6 Å². The van der Waals surface area contributed by atoms with Crippen molar-refractivity contribution in [2.24, 2.45) is 17.9 Å². The molecule has 0 aliphatic carbocycles. The van der Waals surface area contributed by atoms with E-state index in [9.17, 15) is 0 Å². The van der Waals surface area contributed by atoms with E-state index in [1.54, 1.807) is 32.2 Å². The van der Waals surface area contributed by atoms with Crippen molar-refractivity contribution in [1.29, 1.82) is 0 Å². The molecule has 0 aliphatic heterocycles. The number of oxime groups is 1. The minimum atomic E-state index is -0.0725. The zero-order valence-electron chi connectivity index (χ0n) is 10.8. The normalized spacial score (nSPS) is 11.7. The summed E-state index contributed by atoms with van der Waals surface area (Å²) in [6.07, 6.45) is 0. The first-order chi connectivity index (χ1) is 9.43. The molecule has 0 saturated heterocycles. The molecule has 2 aromatic rings. The number of hydrogen-bond donors (Lipinski definition) is 2. The lowest BCUT2D eigenvalue weighted by atomic mass is 10.2. The van der Waals surface area contributed by atoms with Crippen LogP contribution in [-0.4, -0.2) is 20.8 Å². The lowest BCUT2D eigenvalue weighted by Crippen LogP contribution is -2.15. The first-order valence-corrected chi connectivity index (χ1v) is 6.75. The fourth-order valence-corrected chi connectivity index (χ4v) is 2.25. The van der Waals surface area contributed by atoms with Crippen molar-refractivity contribution in [2.75, 3.05) is 0 Å². The second-order valence-corrected chi connectivity index (χ2v) is 5.37. The third-order valence-electron chi connectivity index (χ3n) is 2.63. The summed E-state index contributed by atoms with van der Waals surface area (Å²) < 4.78 is 8.08. The van der Waals surface area contributed by atoms with E-state index in [-0.39, 0.29) is 5.84 Å². The van der Waals surface area contributed by atoms with Crippen LogP contribution in [0.1, 0.15) is 11.3 Å². The van der Waals surface area contributed by atoms with E-state index >= 15 is 0 Å². The van der Waals surface area contributed by atoms with Gasteiger partial charge in [-0.15, -0.1) is 0 Å². The van der Waals surface area contributed by atoms with Crippen LogP contribution >= 0.6 is 27.5 Å². The summed E-state index contributed by atoms with van der Waals surface area (Å²) in [4.78, 5) is 0. The molecule has 0 bridgehead atoms. The van der Waals surface area contributed by atoms with Gasteiger partial charge in [0.2, 0.25) is 5.88 Å². The van der Waals surface area contributed by atoms with Crippen LogP contribution in [0, 0.1) is 6.92 Å². The Morgan fingerprint density at radius 2 is 2.25 bits per heavy atom. The smallest absolute Gasteiger partial charge is 0.229 e. The van der Waals surface area contributed by atoms with Crippen LogP contribution in [0.3, 0.4) is 0 Å². The Morgan fingerprint density at radius 3 is 2.90 bits per heavy atom. The molecule has 0 amide bonds. The summed E-state index contributed by atoms with van der Waals surface area (Å²) in [5.41, 5.74) is 6.66. The van der Waals surface area contributed by atoms with Crippen LogP contribution in [0.4, 0.5) is 0 Å². The van der Waals surface area contributed by atoms with Gasteiger partial charge in [-0.3, -0.25) is 0 Å². The lowest BCUT2D eigenvalue weighted by molar-refractivity contribution is 0.318. The van der Waals surface area contributed by atoms with Gasteiger partial charge in [0, 0.05) is 11.5 Å². The number of aryl methyl sites for hydroxylation is 2. The molecule has 0 radical (unpaired) electrons. The van der Waals surface area contributed by atoms with E-state index in [1.807, 2.05) is 0 Å². The van der Waals surface area contributed by atoms with Gasteiger partial charge in [-0.2, -0.15) is 5.10 Å². The van der Waals surface area contributed by atoms with Crippen LogP contribution in [0.15, 0.2) is 27.8 Å². The Morgan fingerprint density at radius 1 is 1.55 bits per heavy atom. The molecule has 1 aromatic heterocycles. The number of nitrogens with zero attached hydrogens (tertiary/aromatic N) is 3. The summed E-state index contributed by atoms with van der Waals surface area (Å²) in [6.45, 7) is 1.74. The molecule has 0 atom stereocenters. The maximum absolute atomic E-state index is 8.85. The average molecular weight is 360 g/mol. The number of benzene rings is 1. The van der Waals surface area contributed by atoms with Gasteiger partial charge < -0.3 is 15.7 Å². The van der Waals surface area contributed by atoms with E-state index in [0.717, 1.165) is 4.47 Å². The minimum absolute atomic E-state index is 0.0725. The van der Waals surface area contributed by atoms with E-state index in [4.69, 9.17) is 27.3 Å². The molecule has 0 fully saturated rings. The van der Waals surface area contributed by atoms with E-state index in [2.05, 4.69) is 26.2 Å². The molecule has 0 unspecified atom stereocenters. The van der Waals surface area contributed by atoms with Crippen LogP contribution in [0.5, 0.6) is 11.6 Å². The van der Waals surface area contributed by atoms with Crippen molar-refractivity contribution in [3.63, 3.8) is 0 Å². The highest BCUT2D eigenvalue weighted by Gasteiger charge is 2.20. The highest BCUT2D eigenvalue weighted by Crippen LogP contribution is 2.34. The SMILES string of the molecule is Cc1nn(C)c(Oc2cc(Br)ccc2Cl)c1C(N)=NO. The maximum Gasteiger partial charge on any atom is 0.229 e. The van der Waals surface area contributed by atoms with Crippen molar-refractivity contribution in [3.05, 3.63) is 39.0 Å². The molecule has 0 aliphatic rings. The first-order valence-electron chi connectivity index (χ1n) is 5.58. The van der Waals surface area contributed by atoms with Gasteiger partial charge >= 0.3 is 0 Å². The predicted octanol–water partition coefficient (Wildman–Crippen LogP) is 3.03. The number of rotatable bonds is 3. The highest BCUT2D eigenvalue weighted by molar-refractivity contribution is 9.10. The number of amidine groups is 1. The van der Waals surface area contributed by atoms with Gasteiger partial charge in [0.05, 0.1) is 10.7 Å². The van der Waals surface area contributed by atoms with Gasteiger partial charge in [0.25, 0.3) is 0 Å². The largest absolute Gasteiger partial charge is 0.437 e. The maximum atomic E-state index is 8.85. The fourth-order valence-electron chi connectivity index (χ4n) is 1.76. The van der Waals surface area contributed by atoms with E-state index < -0.39 is 0 Å². The average Bonchev–Trinajstić information content (AvgIpc) is 2.68. The topological polar surface area (TPSA) is 85.7 Å².